The molecule has 1 aromatic carbocycles. The van der Waals surface area contributed by atoms with Gasteiger partial charge >= 0.3 is 0 Å². The molecule has 0 radical (unpaired) electrons. The van der Waals surface area contributed by atoms with Crippen LogP contribution in [-0.4, -0.2) is 17.1 Å². The van der Waals surface area contributed by atoms with Gasteiger partial charge in [-0.05, 0) is 28.8 Å². The maximum absolute atomic E-state index is 13.6. The summed E-state index contributed by atoms with van der Waals surface area (Å²) in [4.78, 5) is 9.84. The maximum atomic E-state index is 13.6. The minimum Gasteiger partial charge on any atom is -0.487 e. The predicted molar refractivity (Wildman–Crippen MR) is 69.6 cm³/mol. The van der Waals surface area contributed by atoms with Crippen LogP contribution in [0.3, 0.4) is 0 Å². The first-order valence-electron chi connectivity index (χ1n) is 4.96. The molecular formula is C10H11BrClFN2O3. The Bertz CT molecular complexity index is 459. The smallest absolute Gasteiger partial charge is 0.273 e. The molecule has 100 valence electrons. The lowest BCUT2D eigenvalue weighted by Crippen LogP contribution is -2.30. The van der Waals surface area contributed by atoms with E-state index in [1.165, 1.54) is 6.07 Å². The average molecular weight is 342 g/mol. The summed E-state index contributed by atoms with van der Waals surface area (Å²) in [6, 6.07) is 2.03. The van der Waals surface area contributed by atoms with E-state index in [1.807, 2.05) is 0 Å². The highest BCUT2D eigenvalue weighted by atomic mass is 79.9. The zero-order valence-electron chi connectivity index (χ0n) is 9.19. The van der Waals surface area contributed by atoms with Gasteiger partial charge in [-0.3, -0.25) is 10.1 Å². The Hall–Kier alpha value is -0.920. The van der Waals surface area contributed by atoms with Crippen LogP contribution in [0, 0.1) is 15.9 Å². The van der Waals surface area contributed by atoms with Crippen molar-refractivity contribution in [3.63, 3.8) is 0 Å². The van der Waals surface area contributed by atoms with Gasteiger partial charge in [-0.15, -0.1) is 12.4 Å². The quantitative estimate of drug-likeness (QED) is 0.674. The first-order chi connectivity index (χ1) is 7.91. The maximum Gasteiger partial charge on any atom is 0.273 e. The number of nitro groups is 1. The van der Waals surface area contributed by atoms with Crippen molar-refractivity contribution in [2.75, 3.05) is 6.61 Å². The van der Waals surface area contributed by atoms with Gasteiger partial charge in [0.2, 0.25) is 0 Å². The van der Waals surface area contributed by atoms with Gasteiger partial charge in [-0.25, -0.2) is 4.39 Å². The molecule has 8 heteroatoms. The Balaban J connectivity index is 0.00000162. The number of nitro benzene ring substituents is 1. The van der Waals surface area contributed by atoms with E-state index in [4.69, 9.17) is 10.5 Å². The van der Waals surface area contributed by atoms with Crippen molar-refractivity contribution in [1.29, 1.82) is 0 Å². The van der Waals surface area contributed by atoms with Gasteiger partial charge in [0.05, 0.1) is 21.0 Å². The fraction of sp³-hybridized carbons (Fsp3) is 0.400. The van der Waals surface area contributed by atoms with E-state index in [9.17, 15) is 14.5 Å². The Morgan fingerprint density at radius 1 is 1.56 bits per heavy atom. The van der Waals surface area contributed by atoms with Gasteiger partial charge in [0, 0.05) is 6.07 Å². The molecule has 0 amide bonds. The first kappa shape index (κ1) is 15.1. The Labute approximate surface area is 117 Å². The molecule has 0 atom stereocenters. The van der Waals surface area contributed by atoms with Gasteiger partial charge in [-0.2, -0.15) is 0 Å². The van der Waals surface area contributed by atoms with E-state index in [0.717, 1.165) is 18.9 Å². The van der Waals surface area contributed by atoms with Crippen LogP contribution in [0.15, 0.2) is 16.6 Å². The third kappa shape index (κ3) is 3.30. The van der Waals surface area contributed by atoms with Crippen molar-refractivity contribution in [3.8, 4) is 5.75 Å². The topological polar surface area (TPSA) is 78.4 Å². The highest BCUT2D eigenvalue weighted by molar-refractivity contribution is 9.10. The Morgan fingerprint density at radius 2 is 2.17 bits per heavy atom. The SMILES string of the molecule is Cl.NC1(COc2c(F)cc([N+](=O)[O-])cc2Br)CC1. The molecule has 1 fully saturated rings. The summed E-state index contributed by atoms with van der Waals surface area (Å²) in [7, 11) is 0. The second kappa shape index (κ2) is 5.38. The van der Waals surface area contributed by atoms with Crippen LogP contribution < -0.4 is 10.5 Å². The summed E-state index contributed by atoms with van der Waals surface area (Å²) in [5, 5.41) is 10.5. The molecule has 0 spiro atoms. The van der Waals surface area contributed by atoms with Crippen LogP contribution in [0.2, 0.25) is 0 Å². The minimum atomic E-state index is -0.768. The molecule has 18 heavy (non-hydrogen) atoms. The van der Waals surface area contributed by atoms with E-state index in [2.05, 4.69) is 15.9 Å². The number of halogens is 3. The van der Waals surface area contributed by atoms with Crippen LogP contribution in [0.4, 0.5) is 10.1 Å². The molecule has 0 saturated heterocycles. The van der Waals surface area contributed by atoms with E-state index in [1.54, 1.807) is 0 Å². The number of non-ortho nitro benzene ring substituents is 1. The van der Waals surface area contributed by atoms with Gasteiger partial charge in [-0.1, -0.05) is 0 Å². The summed E-state index contributed by atoms with van der Waals surface area (Å²) < 4.78 is 19.0. The van der Waals surface area contributed by atoms with Crippen molar-refractivity contribution < 1.29 is 14.1 Å². The van der Waals surface area contributed by atoms with Crippen molar-refractivity contribution >= 4 is 34.0 Å². The second-order valence-electron chi connectivity index (χ2n) is 4.15. The molecule has 2 rings (SSSR count). The van der Waals surface area contributed by atoms with Crippen molar-refractivity contribution in [1.82, 2.24) is 0 Å². The number of nitrogens with zero attached hydrogens (tertiary/aromatic N) is 1. The van der Waals surface area contributed by atoms with E-state index in [0.29, 0.717) is 0 Å². The van der Waals surface area contributed by atoms with Crippen LogP contribution >= 0.6 is 28.3 Å². The number of hydrogen-bond acceptors (Lipinski definition) is 4. The standard InChI is InChI=1S/C10H10BrFN2O3.ClH/c11-7-3-6(14(15)16)4-8(12)9(7)17-5-10(13)1-2-10;/h3-4H,1-2,5,13H2;1H. The number of nitrogens with two attached hydrogens (primary N) is 1. The molecule has 0 bridgehead atoms. The van der Waals surface area contributed by atoms with Crippen molar-refractivity contribution in [2.45, 2.75) is 18.4 Å². The fourth-order valence-corrected chi connectivity index (χ4v) is 1.85. The normalized spacial score (nSPS) is 15.7. The van der Waals surface area contributed by atoms with Crippen LogP contribution in [0.5, 0.6) is 5.75 Å². The monoisotopic (exact) mass is 340 g/mol. The lowest BCUT2D eigenvalue weighted by Gasteiger charge is -2.12. The molecule has 1 aromatic rings. The van der Waals surface area contributed by atoms with Crippen molar-refractivity contribution in [2.24, 2.45) is 5.73 Å². The van der Waals surface area contributed by atoms with Crippen LogP contribution in [0.1, 0.15) is 12.8 Å². The molecule has 1 aliphatic rings. The highest BCUT2D eigenvalue weighted by Crippen LogP contribution is 2.36. The summed E-state index contributed by atoms with van der Waals surface area (Å²) >= 11 is 3.04. The molecule has 0 heterocycles. The molecule has 1 aliphatic carbocycles. The summed E-state index contributed by atoms with van der Waals surface area (Å²) in [5.41, 5.74) is 5.11. The molecule has 0 aromatic heterocycles. The zero-order chi connectivity index (χ0) is 12.6. The third-order valence-corrected chi connectivity index (χ3v) is 3.18. The fourth-order valence-electron chi connectivity index (χ4n) is 1.31. The molecule has 1 saturated carbocycles. The summed E-state index contributed by atoms with van der Waals surface area (Å²) in [6.45, 7) is 0.209. The Kier molecular flexibility index (Phi) is 4.52. The third-order valence-electron chi connectivity index (χ3n) is 2.59. The minimum absolute atomic E-state index is 0. The van der Waals surface area contributed by atoms with Gasteiger partial charge < -0.3 is 10.5 Å². The first-order valence-corrected chi connectivity index (χ1v) is 5.76. The molecular weight excluding hydrogens is 330 g/mol. The summed E-state index contributed by atoms with van der Waals surface area (Å²) in [6.07, 6.45) is 1.69. The average Bonchev–Trinajstić information content (AvgIpc) is 2.95. The lowest BCUT2D eigenvalue weighted by atomic mass is 10.3. The number of benzene rings is 1. The molecule has 2 N–H and O–H groups in total. The largest absolute Gasteiger partial charge is 0.487 e. The van der Waals surface area contributed by atoms with E-state index < -0.39 is 10.7 Å². The number of hydrogen-bond donors (Lipinski definition) is 1. The van der Waals surface area contributed by atoms with E-state index in [-0.39, 0.29) is 40.5 Å². The number of rotatable bonds is 4. The predicted octanol–water partition coefficient (Wildman–Crippen LogP) is 2.79. The molecule has 5 nitrogen and oxygen atoms in total. The highest BCUT2D eigenvalue weighted by Gasteiger charge is 2.39. The molecule has 0 aliphatic heterocycles. The van der Waals surface area contributed by atoms with Crippen LogP contribution in [-0.2, 0) is 0 Å². The van der Waals surface area contributed by atoms with Crippen LogP contribution in [0.25, 0.3) is 0 Å². The van der Waals surface area contributed by atoms with Crippen molar-refractivity contribution in [3.05, 3.63) is 32.5 Å². The second-order valence-corrected chi connectivity index (χ2v) is 5.00. The lowest BCUT2D eigenvalue weighted by molar-refractivity contribution is -0.385. The van der Waals surface area contributed by atoms with Gasteiger partial charge in [0.1, 0.15) is 6.61 Å². The summed E-state index contributed by atoms with van der Waals surface area (Å²) in [5.74, 6) is -0.803. The molecule has 0 unspecified atom stereocenters. The number of ether oxygens (including phenoxy) is 1. The van der Waals surface area contributed by atoms with Gasteiger partial charge in [0.15, 0.2) is 11.6 Å². The van der Waals surface area contributed by atoms with Gasteiger partial charge in [0.25, 0.3) is 5.69 Å². The zero-order valence-corrected chi connectivity index (χ0v) is 11.6. The van der Waals surface area contributed by atoms with E-state index >= 15 is 0 Å². The Morgan fingerprint density at radius 3 is 2.61 bits per heavy atom.